The van der Waals surface area contributed by atoms with Crippen LogP contribution < -0.4 is 15.4 Å². The lowest BCUT2D eigenvalue weighted by atomic mass is 10.0. The maximum absolute atomic E-state index is 11.9. The normalized spacial score (nSPS) is 19.9. The van der Waals surface area contributed by atoms with Crippen LogP contribution in [0.5, 0.6) is 5.75 Å². The van der Waals surface area contributed by atoms with Crippen molar-refractivity contribution in [1.82, 2.24) is 0 Å². The highest BCUT2D eigenvalue weighted by atomic mass is 16.5. The molecule has 19 heavy (non-hydrogen) atoms. The molecule has 5 nitrogen and oxygen atoms in total. The van der Waals surface area contributed by atoms with Gasteiger partial charge >= 0.3 is 0 Å². The van der Waals surface area contributed by atoms with Crippen molar-refractivity contribution in [1.29, 1.82) is 0 Å². The first kappa shape index (κ1) is 12.4. The third-order valence-corrected chi connectivity index (χ3v) is 3.70. The maximum atomic E-state index is 11.9. The Kier molecular flexibility index (Phi) is 3.16. The molecule has 1 heterocycles. The standard InChI is InChI=1S/C14H18N2O3/c1-18-8-16-11-6-10(14(15)9-2-3-9)4-5-12(11)19-7-13(16)17/h4-6,9,14H,2-3,7-8,15H2,1H3. The van der Waals surface area contributed by atoms with E-state index < -0.39 is 0 Å². The molecule has 1 aliphatic heterocycles. The Morgan fingerprint density at radius 2 is 2.32 bits per heavy atom. The first-order chi connectivity index (χ1) is 9.20. The first-order valence-electron chi connectivity index (χ1n) is 6.52. The van der Waals surface area contributed by atoms with Crippen LogP contribution >= 0.6 is 0 Å². The zero-order valence-electron chi connectivity index (χ0n) is 11.0. The Morgan fingerprint density at radius 1 is 1.53 bits per heavy atom. The van der Waals surface area contributed by atoms with E-state index >= 15 is 0 Å². The molecule has 1 aromatic carbocycles. The molecule has 1 unspecified atom stereocenters. The quantitative estimate of drug-likeness (QED) is 0.891. The van der Waals surface area contributed by atoms with E-state index in [0.717, 1.165) is 11.3 Å². The molecule has 1 fully saturated rings. The van der Waals surface area contributed by atoms with E-state index in [1.807, 2.05) is 18.2 Å². The van der Waals surface area contributed by atoms with Gasteiger partial charge in [0, 0.05) is 13.2 Å². The summed E-state index contributed by atoms with van der Waals surface area (Å²) in [4.78, 5) is 13.5. The average molecular weight is 262 g/mol. The monoisotopic (exact) mass is 262 g/mol. The Bertz CT molecular complexity index is 499. The number of methoxy groups -OCH3 is 1. The summed E-state index contributed by atoms with van der Waals surface area (Å²) in [5.74, 6) is 1.20. The minimum absolute atomic E-state index is 0.0479. The minimum atomic E-state index is -0.0912. The highest BCUT2D eigenvalue weighted by Gasteiger charge is 2.31. The predicted octanol–water partition coefficient (Wildman–Crippen LogP) is 1.43. The number of ether oxygens (including phenoxy) is 2. The van der Waals surface area contributed by atoms with E-state index in [1.54, 1.807) is 12.0 Å². The van der Waals surface area contributed by atoms with Crippen molar-refractivity contribution >= 4 is 11.6 Å². The molecule has 2 N–H and O–H groups in total. The Balaban J connectivity index is 1.94. The largest absolute Gasteiger partial charge is 0.482 e. The molecule has 1 atom stereocenters. The summed E-state index contributed by atoms with van der Waals surface area (Å²) in [5.41, 5.74) is 8.02. The zero-order valence-corrected chi connectivity index (χ0v) is 11.0. The van der Waals surface area contributed by atoms with Gasteiger partial charge in [-0.05, 0) is 36.5 Å². The SMILES string of the molecule is COCN1C(=O)COc2ccc(C(N)C3CC3)cc21. The third-order valence-electron chi connectivity index (χ3n) is 3.70. The summed E-state index contributed by atoms with van der Waals surface area (Å²) in [6.07, 6.45) is 2.38. The fraction of sp³-hybridized carbons (Fsp3) is 0.500. The molecule has 5 heteroatoms. The maximum Gasteiger partial charge on any atom is 0.266 e. The predicted molar refractivity (Wildman–Crippen MR) is 71.0 cm³/mol. The van der Waals surface area contributed by atoms with E-state index in [1.165, 1.54) is 12.8 Å². The van der Waals surface area contributed by atoms with Crippen LogP contribution in [0.3, 0.4) is 0 Å². The molecule has 3 rings (SSSR count). The number of hydrogen-bond donors (Lipinski definition) is 1. The summed E-state index contributed by atoms with van der Waals surface area (Å²) in [6, 6.07) is 5.88. The summed E-state index contributed by atoms with van der Waals surface area (Å²) in [5, 5.41) is 0. The van der Waals surface area contributed by atoms with Crippen LogP contribution in [0, 0.1) is 5.92 Å². The van der Waals surface area contributed by atoms with E-state index in [9.17, 15) is 4.79 Å². The van der Waals surface area contributed by atoms with Crippen LogP contribution in [-0.4, -0.2) is 26.4 Å². The van der Waals surface area contributed by atoms with Gasteiger partial charge in [-0.1, -0.05) is 6.07 Å². The summed E-state index contributed by atoms with van der Waals surface area (Å²) >= 11 is 0. The highest BCUT2D eigenvalue weighted by molar-refractivity contribution is 5.97. The molecule has 1 aromatic rings. The Hall–Kier alpha value is -1.59. The molecule has 1 aliphatic carbocycles. The second-order valence-corrected chi connectivity index (χ2v) is 5.12. The number of nitrogens with zero attached hydrogens (tertiary/aromatic N) is 1. The topological polar surface area (TPSA) is 64.8 Å². The van der Waals surface area contributed by atoms with Crippen molar-refractivity contribution in [3.8, 4) is 5.75 Å². The minimum Gasteiger partial charge on any atom is -0.482 e. The molecule has 1 amide bonds. The van der Waals surface area contributed by atoms with Gasteiger partial charge in [0.25, 0.3) is 5.91 Å². The lowest BCUT2D eigenvalue weighted by Crippen LogP contribution is -2.40. The molecular formula is C14H18N2O3. The van der Waals surface area contributed by atoms with Crippen molar-refractivity contribution in [3.63, 3.8) is 0 Å². The summed E-state index contributed by atoms with van der Waals surface area (Å²) in [6.45, 7) is 0.293. The molecule has 1 saturated carbocycles. The number of fused-ring (bicyclic) bond motifs is 1. The van der Waals surface area contributed by atoms with Crippen LogP contribution in [-0.2, 0) is 9.53 Å². The molecular weight excluding hydrogens is 244 g/mol. The fourth-order valence-corrected chi connectivity index (χ4v) is 2.42. The van der Waals surface area contributed by atoms with Gasteiger partial charge in [-0.3, -0.25) is 9.69 Å². The van der Waals surface area contributed by atoms with Gasteiger partial charge in [-0.2, -0.15) is 0 Å². The van der Waals surface area contributed by atoms with Crippen LogP contribution in [0.4, 0.5) is 5.69 Å². The van der Waals surface area contributed by atoms with Crippen molar-refractivity contribution < 1.29 is 14.3 Å². The van der Waals surface area contributed by atoms with Crippen molar-refractivity contribution in [2.24, 2.45) is 11.7 Å². The van der Waals surface area contributed by atoms with E-state index in [4.69, 9.17) is 15.2 Å². The molecule has 0 bridgehead atoms. The number of amides is 1. The number of carbonyl (C=O) groups is 1. The molecule has 0 spiro atoms. The molecule has 102 valence electrons. The van der Waals surface area contributed by atoms with Gasteiger partial charge in [-0.25, -0.2) is 0 Å². The van der Waals surface area contributed by atoms with E-state index in [0.29, 0.717) is 11.7 Å². The van der Waals surface area contributed by atoms with Crippen molar-refractivity contribution in [3.05, 3.63) is 23.8 Å². The van der Waals surface area contributed by atoms with Gasteiger partial charge in [-0.15, -0.1) is 0 Å². The van der Waals surface area contributed by atoms with Crippen molar-refractivity contribution in [2.75, 3.05) is 25.3 Å². The van der Waals surface area contributed by atoms with Gasteiger partial charge in [0.2, 0.25) is 0 Å². The number of benzene rings is 1. The molecule has 0 radical (unpaired) electrons. The fourth-order valence-electron chi connectivity index (χ4n) is 2.42. The second-order valence-electron chi connectivity index (χ2n) is 5.12. The van der Waals surface area contributed by atoms with Crippen LogP contribution in [0.2, 0.25) is 0 Å². The van der Waals surface area contributed by atoms with Gasteiger partial charge in [0.15, 0.2) is 6.61 Å². The van der Waals surface area contributed by atoms with Crippen LogP contribution in [0.15, 0.2) is 18.2 Å². The van der Waals surface area contributed by atoms with Gasteiger partial charge < -0.3 is 15.2 Å². The number of carbonyl (C=O) groups excluding carboxylic acids is 1. The van der Waals surface area contributed by atoms with Crippen LogP contribution in [0.1, 0.15) is 24.4 Å². The number of rotatable bonds is 4. The smallest absolute Gasteiger partial charge is 0.266 e. The van der Waals surface area contributed by atoms with Crippen molar-refractivity contribution in [2.45, 2.75) is 18.9 Å². The number of hydrogen-bond acceptors (Lipinski definition) is 4. The Labute approximate surface area is 112 Å². The number of nitrogens with two attached hydrogens (primary N) is 1. The second kappa shape index (κ2) is 4.83. The van der Waals surface area contributed by atoms with E-state index in [2.05, 4.69) is 0 Å². The van der Waals surface area contributed by atoms with E-state index in [-0.39, 0.29) is 25.3 Å². The zero-order chi connectivity index (χ0) is 13.4. The highest BCUT2D eigenvalue weighted by Crippen LogP contribution is 2.42. The lowest BCUT2D eigenvalue weighted by Gasteiger charge is -2.29. The summed E-state index contributed by atoms with van der Waals surface area (Å²) in [7, 11) is 1.57. The number of anilines is 1. The van der Waals surface area contributed by atoms with Crippen LogP contribution in [0.25, 0.3) is 0 Å². The third kappa shape index (κ3) is 2.31. The summed E-state index contributed by atoms with van der Waals surface area (Å²) < 4.78 is 10.5. The Morgan fingerprint density at radius 3 is 3.00 bits per heavy atom. The molecule has 0 saturated heterocycles. The lowest BCUT2D eigenvalue weighted by molar-refractivity contribution is -0.122. The first-order valence-corrected chi connectivity index (χ1v) is 6.52. The average Bonchev–Trinajstić information content (AvgIpc) is 3.25. The molecule has 0 aromatic heterocycles. The van der Waals surface area contributed by atoms with Gasteiger partial charge in [0.1, 0.15) is 12.5 Å². The van der Waals surface area contributed by atoms with Gasteiger partial charge in [0.05, 0.1) is 5.69 Å². The molecule has 2 aliphatic rings.